The van der Waals surface area contributed by atoms with Crippen LogP contribution in [0.5, 0.6) is 11.5 Å². The van der Waals surface area contributed by atoms with E-state index >= 15 is 0 Å². The van der Waals surface area contributed by atoms with Crippen molar-refractivity contribution in [1.82, 2.24) is 20.3 Å². The number of carbonyl (C=O) groups excluding carboxylic acids is 1. The number of anilines is 1. The predicted octanol–water partition coefficient (Wildman–Crippen LogP) is 2.64. The van der Waals surface area contributed by atoms with Gasteiger partial charge in [-0.2, -0.15) is 5.10 Å². The van der Waals surface area contributed by atoms with Crippen LogP contribution in [0.25, 0.3) is 11.0 Å². The van der Waals surface area contributed by atoms with Gasteiger partial charge in [0.05, 0.1) is 27.0 Å². The molecule has 13 nitrogen and oxygen atoms in total. The Morgan fingerprint density at radius 3 is 2.67 bits per heavy atom. The molecule has 0 spiro atoms. The van der Waals surface area contributed by atoms with Gasteiger partial charge >= 0.3 is 6.09 Å². The molecule has 0 saturated carbocycles. The molecule has 39 heavy (non-hydrogen) atoms. The number of hydrogen-bond acceptors (Lipinski definition) is 10. The van der Waals surface area contributed by atoms with Gasteiger partial charge in [-0.25, -0.2) is 13.2 Å². The Hall–Kier alpha value is -4.30. The van der Waals surface area contributed by atoms with Crippen LogP contribution in [0.1, 0.15) is 23.6 Å². The van der Waals surface area contributed by atoms with E-state index in [0.29, 0.717) is 29.7 Å². The molecule has 0 bridgehead atoms. The highest BCUT2D eigenvalue weighted by Gasteiger charge is 2.25. The van der Waals surface area contributed by atoms with Gasteiger partial charge in [-0.1, -0.05) is 18.1 Å². The maximum absolute atomic E-state index is 13.4. The highest BCUT2D eigenvalue weighted by Crippen LogP contribution is 2.36. The number of fused-ring (bicyclic) bond motifs is 1. The molecule has 0 aliphatic rings. The van der Waals surface area contributed by atoms with Gasteiger partial charge in [-0.05, 0) is 41.8 Å². The lowest BCUT2D eigenvalue weighted by molar-refractivity contribution is 0.170. The largest absolute Gasteiger partial charge is 0.496 e. The third-order valence-corrected chi connectivity index (χ3v) is 7.14. The van der Waals surface area contributed by atoms with Crippen molar-refractivity contribution in [2.45, 2.75) is 31.3 Å². The van der Waals surface area contributed by atoms with E-state index in [4.69, 9.17) is 19.7 Å². The molecule has 1 amide bonds. The third kappa shape index (κ3) is 6.41. The van der Waals surface area contributed by atoms with Crippen molar-refractivity contribution in [3.8, 4) is 11.5 Å². The van der Waals surface area contributed by atoms with E-state index in [2.05, 4.69) is 25.0 Å². The zero-order valence-electron chi connectivity index (χ0n) is 21.8. The van der Waals surface area contributed by atoms with Gasteiger partial charge in [0.15, 0.2) is 11.4 Å². The van der Waals surface area contributed by atoms with E-state index in [1.54, 1.807) is 47.4 Å². The van der Waals surface area contributed by atoms with E-state index in [-0.39, 0.29) is 36.2 Å². The van der Waals surface area contributed by atoms with Gasteiger partial charge in [0.1, 0.15) is 28.4 Å². The molecular formula is C25H30N6O7S. The summed E-state index contributed by atoms with van der Waals surface area (Å²) in [6.45, 7) is 2.95. The predicted molar refractivity (Wildman–Crippen MR) is 142 cm³/mol. The van der Waals surface area contributed by atoms with Gasteiger partial charge < -0.3 is 29.8 Å². The van der Waals surface area contributed by atoms with E-state index in [1.807, 2.05) is 6.92 Å². The molecule has 4 N–H and O–H groups in total. The number of nitrogens with one attached hydrogen (secondary N) is 2. The summed E-state index contributed by atoms with van der Waals surface area (Å²) in [5.74, 6) is 0.533. The van der Waals surface area contributed by atoms with Crippen LogP contribution in [0.4, 0.5) is 10.6 Å². The van der Waals surface area contributed by atoms with Crippen LogP contribution in [0.15, 0.2) is 52.1 Å². The van der Waals surface area contributed by atoms with Gasteiger partial charge in [0.2, 0.25) is 0 Å². The molecule has 0 aliphatic carbocycles. The van der Waals surface area contributed by atoms with Crippen molar-refractivity contribution in [3.63, 3.8) is 0 Å². The number of alkyl carbamates (subject to hydrolysis) is 1. The molecule has 0 atom stereocenters. The van der Waals surface area contributed by atoms with Gasteiger partial charge in [0, 0.05) is 24.8 Å². The number of sulfonamides is 1. The van der Waals surface area contributed by atoms with Crippen LogP contribution in [0.3, 0.4) is 0 Å². The molecule has 0 saturated heterocycles. The fourth-order valence-corrected chi connectivity index (χ4v) is 5.08. The smallest absolute Gasteiger partial charge is 0.407 e. The average molecular weight is 559 g/mol. The minimum atomic E-state index is -4.11. The van der Waals surface area contributed by atoms with E-state index < -0.39 is 16.1 Å². The molecule has 0 unspecified atom stereocenters. The number of nitrogens with two attached hydrogens (primary N) is 1. The first kappa shape index (κ1) is 27.7. The van der Waals surface area contributed by atoms with Crippen LogP contribution >= 0.6 is 0 Å². The van der Waals surface area contributed by atoms with Crippen LogP contribution in [-0.2, 0) is 34.3 Å². The van der Waals surface area contributed by atoms with Crippen molar-refractivity contribution < 1.29 is 31.9 Å². The van der Waals surface area contributed by atoms with E-state index in [9.17, 15) is 13.2 Å². The van der Waals surface area contributed by atoms with Crippen LogP contribution < -0.4 is 25.2 Å². The van der Waals surface area contributed by atoms with E-state index in [0.717, 1.165) is 16.7 Å². The Kier molecular flexibility index (Phi) is 8.56. The number of benzene rings is 2. The first-order chi connectivity index (χ1) is 18.8. The quantitative estimate of drug-likeness (QED) is 0.235. The number of carbonyl (C=O) groups is 1. The minimum Gasteiger partial charge on any atom is -0.496 e. The van der Waals surface area contributed by atoms with Crippen molar-refractivity contribution in [2.24, 2.45) is 5.73 Å². The fraction of sp³-hybridized carbons (Fsp3) is 0.320. The van der Waals surface area contributed by atoms with Crippen LogP contribution in [0.2, 0.25) is 0 Å². The van der Waals surface area contributed by atoms with Crippen molar-refractivity contribution in [3.05, 3.63) is 59.4 Å². The number of amides is 1. The van der Waals surface area contributed by atoms with Crippen molar-refractivity contribution in [2.75, 3.05) is 32.1 Å². The number of ether oxygens (including phenoxy) is 3. The second kappa shape index (κ2) is 12.0. The molecule has 0 fully saturated rings. The first-order valence-electron chi connectivity index (χ1n) is 12.1. The second-order valence-corrected chi connectivity index (χ2v) is 10.1. The summed E-state index contributed by atoms with van der Waals surface area (Å²) in [7, 11) is -1.35. The minimum absolute atomic E-state index is 0.0182. The zero-order valence-corrected chi connectivity index (χ0v) is 22.6. The summed E-state index contributed by atoms with van der Waals surface area (Å²) in [4.78, 5) is 11.3. The molecule has 2 heterocycles. The summed E-state index contributed by atoms with van der Waals surface area (Å²) < 4.78 is 52.2. The number of aryl methyl sites for hydroxylation is 1. The van der Waals surface area contributed by atoms with Crippen molar-refractivity contribution >= 4 is 32.9 Å². The highest BCUT2D eigenvalue weighted by molar-refractivity contribution is 7.92. The Labute approximate surface area is 225 Å². The zero-order chi connectivity index (χ0) is 28.0. The fourth-order valence-electron chi connectivity index (χ4n) is 3.88. The molecule has 4 aromatic rings. The monoisotopic (exact) mass is 558 g/mol. The first-order valence-corrected chi connectivity index (χ1v) is 13.5. The molecule has 0 aliphatic heterocycles. The Bertz CT molecular complexity index is 1560. The number of aromatic nitrogens is 3. The average Bonchev–Trinajstić information content (AvgIpc) is 3.56. The summed E-state index contributed by atoms with van der Waals surface area (Å²) in [5.41, 5.74) is 8.24. The molecule has 4 rings (SSSR count). The van der Waals surface area contributed by atoms with Gasteiger partial charge in [-0.3, -0.25) is 9.40 Å². The lowest BCUT2D eigenvalue weighted by Crippen LogP contribution is -2.21. The summed E-state index contributed by atoms with van der Waals surface area (Å²) in [6.07, 6.45) is 3.52. The molecule has 0 radical (unpaired) electrons. The third-order valence-electron chi connectivity index (χ3n) is 5.78. The van der Waals surface area contributed by atoms with Gasteiger partial charge in [-0.15, -0.1) is 0 Å². The molecule has 2 aromatic heterocycles. The maximum Gasteiger partial charge on any atom is 0.407 e. The maximum atomic E-state index is 13.4. The normalized spacial score (nSPS) is 11.4. The molecule has 208 valence electrons. The van der Waals surface area contributed by atoms with Crippen LogP contribution in [0, 0.1) is 0 Å². The number of nitrogens with zero attached hydrogens (tertiary/aromatic N) is 3. The molecule has 2 aromatic carbocycles. The number of hydrogen-bond donors (Lipinski definition) is 3. The summed E-state index contributed by atoms with van der Waals surface area (Å²) in [5, 5.41) is 11.2. The molecular weight excluding hydrogens is 528 g/mol. The Morgan fingerprint density at radius 2 is 1.95 bits per heavy atom. The highest BCUT2D eigenvalue weighted by atomic mass is 32.2. The topological polar surface area (TPSA) is 173 Å². The Morgan fingerprint density at radius 1 is 1.13 bits per heavy atom. The summed E-state index contributed by atoms with van der Waals surface area (Å²) in [6, 6.07) is 8.45. The SMILES string of the molecule is CCc1ccc(OCCN)c(S(=O)(=O)Nc2noc3cc(Cn4cc(CNC(=O)OC)cn4)cc(OC)c23)c1. The van der Waals surface area contributed by atoms with Gasteiger partial charge in [0.25, 0.3) is 10.0 Å². The van der Waals surface area contributed by atoms with Crippen molar-refractivity contribution in [1.29, 1.82) is 0 Å². The lowest BCUT2D eigenvalue weighted by atomic mass is 10.1. The Balaban J connectivity index is 1.60. The molecule has 14 heteroatoms. The lowest BCUT2D eigenvalue weighted by Gasteiger charge is -2.14. The second-order valence-electron chi connectivity index (χ2n) is 8.47. The number of rotatable bonds is 12. The van der Waals surface area contributed by atoms with Crippen LogP contribution in [-0.4, -0.2) is 56.8 Å². The number of methoxy groups -OCH3 is 2. The van der Waals surface area contributed by atoms with E-state index in [1.165, 1.54) is 14.2 Å². The summed E-state index contributed by atoms with van der Waals surface area (Å²) >= 11 is 0. The standard InChI is InChI=1S/C25H30N6O7S/c1-4-16-5-6-19(37-8-7-26)22(11-16)39(33,34)30-24-23-20(35-2)9-17(10-21(23)38-29-24)14-31-15-18(13-28-31)12-27-25(32)36-3/h5-6,9-11,13,15H,4,7-8,12,14,26H2,1-3H3,(H,27,32)(H,29,30).